The molecule has 0 radical (unpaired) electrons. The van der Waals surface area contributed by atoms with Crippen LogP contribution in [0.25, 0.3) is 0 Å². The van der Waals surface area contributed by atoms with E-state index in [2.05, 4.69) is 16.6 Å². The van der Waals surface area contributed by atoms with Crippen molar-refractivity contribution in [1.29, 1.82) is 0 Å². The molecule has 0 aromatic heterocycles. The van der Waals surface area contributed by atoms with Crippen molar-refractivity contribution in [2.75, 3.05) is 13.2 Å². The van der Waals surface area contributed by atoms with Gasteiger partial charge in [0.15, 0.2) is 0 Å². The van der Waals surface area contributed by atoms with Gasteiger partial charge in [-0.1, -0.05) is 19.6 Å². The second-order valence-electron chi connectivity index (χ2n) is 2.51. The number of hydrogen-bond donors (Lipinski definition) is 2. The Kier molecular flexibility index (Phi) is 5.34. The van der Waals surface area contributed by atoms with Gasteiger partial charge in [-0.3, -0.25) is 4.79 Å². The summed E-state index contributed by atoms with van der Waals surface area (Å²) in [6, 6.07) is 0. The molecule has 0 fully saturated rings. The molecule has 0 spiro atoms. The van der Waals surface area contributed by atoms with Crippen molar-refractivity contribution in [2.45, 2.75) is 6.92 Å². The van der Waals surface area contributed by atoms with Gasteiger partial charge >= 0.3 is 12.1 Å². The number of rotatable bonds is 5. The standard InChI is InChI=1S/C8H13NO4/c1-3-4-13-8(12)9-5-6(2)7(10)11/h3,6H,1,4-5H2,2H3,(H,9,12)(H,10,11)/t6-/m1/s1. The number of carbonyl (C=O) groups excluding carboxylic acids is 1. The van der Waals surface area contributed by atoms with Gasteiger partial charge in [0.25, 0.3) is 0 Å². The third-order valence-electron chi connectivity index (χ3n) is 1.31. The molecule has 0 saturated heterocycles. The molecule has 5 heteroatoms. The summed E-state index contributed by atoms with van der Waals surface area (Å²) in [5.74, 6) is -1.57. The molecule has 13 heavy (non-hydrogen) atoms. The number of amides is 1. The maximum atomic E-state index is 10.8. The fourth-order valence-corrected chi connectivity index (χ4v) is 0.509. The van der Waals surface area contributed by atoms with Crippen LogP contribution in [0.4, 0.5) is 4.79 Å². The van der Waals surface area contributed by atoms with E-state index in [9.17, 15) is 9.59 Å². The second-order valence-corrected chi connectivity index (χ2v) is 2.51. The number of aliphatic carboxylic acids is 1. The van der Waals surface area contributed by atoms with Gasteiger partial charge in [0.1, 0.15) is 6.61 Å². The van der Waals surface area contributed by atoms with E-state index in [0.717, 1.165) is 0 Å². The molecule has 0 bridgehead atoms. The van der Waals surface area contributed by atoms with Gasteiger partial charge in [0.2, 0.25) is 0 Å². The number of carboxylic acids is 1. The third kappa shape index (κ3) is 5.72. The molecule has 5 nitrogen and oxygen atoms in total. The summed E-state index contributed by atoms with van der Waals surface area (Å²) in [7, 11) is 0. The van der Waals surface area contributed by atoms with E-state index < -0.39 is 18.0 Å². The van der Waals surface area contributed by atoms with Crippen molar-refractivity contribution in [1.82, 2.24) is 5.32 Å². The third-order valence-corrected chi connectivity index (χ3v) is 1.31. The Morgan fingerprint density at radius 3 is 2.77 bits per heavy atom. The van der Waals surface area contributed by atoms with Crippen molar-refractivity contribution in [3.8, 4) is 0 Å². The van der Waals surface area contributed by atoms with Gasteiger partial charge in [-0.2, -0.15) is 0 Å². The molecule has 2 N–H and O–H groups in total. The summed E-state index contributed by atoms with van der Waals surface area (Å²) in [5.41, 5.74) is 0. The van der Waals surface area contributed by atoms with Crippen LogP contribution in [0.3, 0.4) is 0 Å². The fraction of sp³-hybridized carbons (Fsp3) is 0.500. The summed E-state index contributed by atoms with van der Waals surface area (Å²) in [4.78, 5) is 21.1. The van der Waals surface area contributed by atoms with Crippen LogP contribution in [-0.4, -0.2) is 30.3 Å². The highest BCUT2D eigenvalue weighted by Crippen LogP contribution is 1.91. The zero-order chi connectivity index (χ0) is 10.3. The minimum absolute atomic E-state index is 0.0608. The van der Waals surface area contributed by atoms with E-state index in [1.54, 1.807) is 0 Å². The summed E-state index contributed by atoms with van der Waals surface area (Å²) in [6.45, 7) is 5.03. The van der Waals surface area contributed by atoms with Crippen LogP contribution >= 0.6 is 0 Å². The molecule has 0 unspecified atom stereocenters. The fourth-order valence-electron chi connectivity index (χ4n) is 0.509. The Balaban J connectivity index is 3.57. The van der Waals surface area contributed by atoms with E-state index in [1.807, 2.05) is 0 Å². The number of alkyl carbamates (subject to hydrolysis) is 1. The Labute approximate surface area is 76.4 Å². The van der Waals surface area contributed by atoms with E-state index in [4.69, 9.17) is 5.11 Å². The molecule has 74 valence electrons. The Bertz CT molecular complexity index is 202. The van der Waals surface area contributed by atoms with Crippen LogP contribution in [0.1, 0.15) is 6.92 Å². The minimum atomic E-state index is -0.955. The molecule has 0 aliphatic carbocycles. The smallest absolute Gasteiger partial charge is 0.407 e. The summed E-state index contributed by atoms with van der Waals surface area (Å²) in [5, 5.41) is 10.8. The van der Waals surface area contributed by atoms with Crippen LogP contribution in [0.15, 0.2) is 12.7 Å². The van der Waals surface area contributed by atoms with Crippen molar-refractivity contribution >= 4 is 12.1 Å². The van der Waals surface area contributed by atoms with Gasteiger partial charge in [-0.15, -0.1) is 0 Å². The first kappa shape index (κ1) is 11.5. The van der Waals surface area contributed by atoms with Crippen LogP contribution in [0.2, 0.25) is 0 Å². The number of nitrogens with one attached hydrogen (secondary N) is 1. The van der Waals surface area contributed by atoms with E-state index in [1.165, 1.54) is 13.0 Å². The number of carboxylic acid groups (broad SMARTS) is 1. The Morgan fingerprint density at radius 1 is 1.69 bits per heavy atom. The lowest BCUT2D eigenvalue weighted by molar-refractivity contribution is -0.140. The highest BCUT2D eigenvalue weighted by molar-refractivity contribution is 5.72. The van der Waals surface area contributed by atoms with E-state index >= 15 is 0 Å². The molecule has 0 aliphatic rings. The number of carbonyl (C=O) groups is 2. The SMILES string of the molecule is C=CCOC(=O)NC[C@@H](C)C(=O)O. The van der Waals surface area contributed by atoms with Crippen molar-refractivity contribution in [3.63, 3.8) is 0 Å². The van der Waals surface area contributed by atoms with Crippen molar-refractivity contribution < 1.29 is 19.4 Å². The molecule has 1 atom stereocenters. The first-order valence-corrected chi connectivity index (χ1v) is 3.82. The average molecular weight is 187 g/mol. The monoisotopic (exact) mass is 187 g/mol. The van der Waals surface area contributed by atoms with Crippen LogP contribution in [0, 0.1) is 5.92 Å². The Morgan fingerprint density at radius 2 is 2.31 bits per heavy atom. The molecule has 0 rings (SSSR count). The molecule has 0 aliphatic heterocycles. The second kappa shape index (κ2) is 6.05. The summed E-state index contributed by atoms with van der Waals surface area (Å²) < 4.78 is 4.56. The lowest BCUT2D eigenvalue weighted by Gasteiger charge is -2.07. The minimum Gasteiger partial charge on any atom is -0.481 e. The first-order valence-electron chi connectivity index (χ1n) is 3.82. The predicted octanol–water partition coefficient (Wildman–Crippen LogP) is 0.619. The highest BCUT2D eigenvalue weighted by atomic mass is 16.5. The molecule has 0 heterocycles. The highest BCUT2D eigenvalue weighted by Gasteiger charge is 2.11. The molecular weight excluding hydrogens is 174 g/mol. The maximum Gasteiger partial charge on any atom is 0.407 e. The maximum absolute atomic E-state index is 10.8. The van der Waals surface area contributed by atoms with Crippen LogP contribution in [0.5, 0.6) is 0 Å². The van der Waals surface area contributed by atoms with Gasteiger partial charge in [0.05, 0.1) is 5.92 Å². The van der Waals surface area contributed by atoms with Crippen LogP contribution < -0.4 is 5.32 Å². The van der Waals surface area contributed by atoms with Gasteiger partial charge < -0.3 is 15.2 Å². The molecule has 0 aromatic carbocycles. The van der Waals surface area contributed by atoms with Crippen molar-refractivity contribution in [2.24, 2.45) is 5.92 Å². The summed E-state index contributed by atoms with van der Waals surface area (Å²) >= 11 is 0. The molecular formula is C8H13NO4. The van der Waals surface area contributed by atoms with Gasteiger partial charge in [-0.05, 0) is 0 Å². The zero-order valence-corrected chi connectivity index (χ0v) is 7.45. The quantitative estimate of drug-likeness (QED) is 0.618. The average Bonchev–Trinajstić information content (AvgIpc) is 2.10. The van der Waals surface area contributed by atoms with Crippen LogP contribution in [-0.2, 0) is 9.53 Å². The van der Waals surface area contributed by atoms with Gasteiger partial charge in [-0.25, -0.2) is 4.79 Å². The van der Waals surface area contributed by atoms with E-state index in [-0.39, 0.29) is 13.2 Å². The number of hydrogen-bond acceptors (Lipinski definition) is 3. The largest absolute Gasteiger partial charge is 0.481 e. The number of ether oxygens (including phenoxy) is 1. The molecule has 0 aromatic rings. The van der Waals surface area contributed by atoms with Crippen molar-refractivity contribution in [3.05, 3.63) is 12.7 Å². The predicted molar refractivity (Wildman–Crippen MR) is 46.3 cm³/mol. The Hall–Kier alpha value is -1.52. The van der Waals surface area contributed by atoms with E-state index in [0.29, 0.717) is 0 Å². The van der Waals surface area contributed by atoms with Gasteiger partial charge in [0, 0.05) is 6.54 Å². The lowest BCUT2D eigenvalue weighted by atomic mass is 10.2. The molecule has 0 saturated carbocycles. The first-order chi connectivity index (χ1) is 6.07. The molecule has 1 amide bonds. The normalized spacial score (nSPS) is 11.5. The lowest BCUT2D eigenvalue weighted by Crippen LogP contribution is -2.31. The summed E-state index contributed by atoms with van der Waals surface area (Å²) in [6.07, 6.45) is 0.799. The zero-order valence-electron chi connectivity index (χ0n) is 7.45. The topological polar surface area (TPSA) is 75.6 Å².